The molecule has 0 atom stereocenters. The van der Waals surface area contributed by atoms with E-state index in [9.17, 15) is 0 Å². The quantitative estimate of drug-likeness (QED) is 0.159. The van der Waals surface area contributed by atoms with Crippen LogP contribution in [0.5, 0.6) is 0 Å². The van der Waals surface area contributed by atoms with E-state index in [2.05, 4.69) is 248 Å². The van der Waals surface area contributed by atoms with E-state index >= 15 is 0 Å². The Kier molecular flexibility index (Phi) is 8.56. The topological polar surface area (TPSA) is 21.3 Å². The lowest BCUT2D eigenvalue weighted by Crippen LogP contribution is -2.16. The zero-order valence-electron chi connectivity index (χ0n) is 36.7. The average Bonchev–Trinajstić information content (AvgIpc) is 4.00. The number of nitrogens with zero attached hydrogens (tertiary/aromatic N) is 2. The number of hydrogen-bond donors (Lipinski definition) is 0. The lowest BCUT2D eigenvalue weighted by atomic mass is 9.82. The molecule has 3 heteroatoms. The van der Waals surface area contributed by atoms with Crippen LogP contribution in [-0.2, 0) is 5.41 Å². The minimum Gasteiger partial charge on any atom is -0.455 e. The fourth-order valence-corrected chi connectivity index (χ4v) is 10.7. The van der Waals surface area contributed by atoms with Gasteiger partial charge in [-0.1, -0.05) is 166 Å². The molecular weight excluding hydrogens is 801 g/mol. The van der Waals surface area contributed by atoms with Crippen LogP contribution in [0, 0.1) is 0 Å². The van der Waals surface area contributed by atoms with E-state index in [0.717, 1.165) is 61.4 Å². The van der Waals surface area contributed by atoms with Crippen molar-refractivity contribution in [2.75, 3.05) is 4.90 Å². The fraction of sp³-hybridized carbons (Fsp3) is 0.0476. The van der Waals surface area contributed by atoms with Crippen LogP contribution in [0.4, 0.5) is 17.1 Å². The third kappa shape index (κ3) is 5.97. The Morgan fingerprint density at radius 1 is 0.364 bits per heavy atom. The molecule has 1 aliphatic carbocycles. The Hall–Kier alpha value is -8.40. The van der Waals surface area contributed by atoms with E-state index in [1.807, 2.05) is 6.07 Å². The van der Waals surface area contributed by atoms with Gasteiger partial charge in [0.2, 0.25) is 0 Å². The number of fused-ring (bicyclic) bond motifs is 9. The predicted octanol–water partition coefficient (Wildman–Crippen LogP) is 17.5. The predicted molar refractivity (Wildman–Crippen MR) is 277 cm³/mol. The van der Waals surface area contributed by atoms with Crippen molar-refractivity contribution in [1.29, 1.82) is 0 Å². The van der Waals surface area contributed by atoms with Gasteiger partial charge in [0.05, 0.1) is 11.0 Å². The van der Waals surface area contributed by atoms with E-state index in [0.29, 0.717) is 0 Å². The summed E-state index contributed by atoms with van der Waals surface area (Å²) < 4.78 is 8.92. The second kappa shape index (κ2) is 14.8. The molecule has 0 saturated carbocycles. The van der Waals surface area contributed by atoms with Crippen LogP contribution >= 0.6 is 0 Å². The van der Waals surface area contributed by atoms with Gasteiger partial charge in [-0.05, 0) is 129 Å². The van der Waals surface area contributed by atoms with Crippen molar-refractivity contribution in [3.8, 4) is 50.2 Å². The van der Waals surface area contributed by atoms with Gasteiger partial charge in [-0.2, -0.15) is 0 Å². The second-order valence-electron chi connectivity index (χ2n) is 18.1. The largest absolute Gasteiger partial charge is 0.455 e. The summed E-state index contributed by atoms with van der Waals surface area (Å²) in [4.78, 5) is 2.40. The molecule has 2 aromatic heterocycles. The highest BCUT2D eigenvalue weighted by atomic mass is 16.3. The first-order valence-corrected chi connectivity index (χ1v) is 22.8. The minimum atomic E-state index is -0.113. The summed E-state index contributed by atoms with van der Waals surface area (Å²) in [6.45, 7) is 4.70. The summed E-state index contributed by atoms with van der Waals surface area (Å²) >= 11 is 0. The number of benzene rings is 10. The van der Waals surface area contributed by atoms with Crippen molar-refractivity contribution in [2.45, 2.75) is 19.3 Å². The molecule has 1 aliphatic rings. The molecule has 312 valence electrons. The Labute approximate surface area is 384 Å². The lowest BCUT2D eigenvalue weighted by molar-refractivity contribution is 0.660. The Bertz CT molecular complexity index is 3820. The highest BCUT2D eigenvalue weighted by Gasteiger charge is 2.35. The highest BCUT2D eigenvalue weighted by molar-refractivity contribution is 6.14. The average molecular weight is 845 g/mol. The van der Waals surface area contributed by atoms with Crippen LogP contribution in [0.2, 0.25) is 0 Å². The maximum Gasteiger partial charge on any atom is 0.143 e. The number of para-hydroxylation sites is 3. The van der Waals surface area contributed by atoms with Crippen molar-refractivity contribution in [3.63, 3.8) is 0 Å². The van der Waals surface area contributed by atoms with E-state index in [1.165, 1.54) is 60.8 Å². The molecule has 13 rings (SSSR count). The maximum atomic E-state index is 6.53. The summed E-state index contributed by atoms with van der Waals surface area (Å²) in [5, 5.41) is 4.67. The summed E-state index contributed by atoms with van der Waals surface area (Å²) in [5.41, 5.74) is 20.9. The second-order valence-corrected chi connectivity index (χ2v) is 18.1. The minimum absolute atomic E-state index is 0.113. The molecule has 2 heterocycles. The van der Waals surface area contributed by atoms with Crippen molar-refractivity contribution in [1.82, 2.24) is 4.57 Å². The zero-order valence-corrected chi connectivity index (χ0v) is 36.7. The molecule has 10 aromatic carbocycles. The Balaban J connectivity index is 0.929. The molecule has 66 heavy (non-hydrogen) atoms. The van der Waals surface area contributed by atoms with Crippen molar-refractivity contribution in [2.24, 2.45) is 0 Å². The third-order valence-electron chi connectivity index (χ3n) is 14.0. The number of anilines is 3. The molecule has 12 aromatic rings. The van der Waals surface area contributed by atoms with E-state index < -0.39 is 0 Å². The molecule has 0 radical (unpaired) electrons. The maximum absolute atomic E-state index is 6.53. The summed E-state index contributed by atoms with van der Waals surface area (Å²) in [6.07, 6.45) is 0. The number of aromatic nitrogens is 1. The van der Waals surface area contributed by atoms with Crippen molar-refractivity contribution >= 4 is 60.8 Å². The van der Waals surface area contributed by atoms with E-state index in [4.69, 9.17) is 4.42 Å². The van der Waals surface area contributed by atoms with Crippen LogP contribution in [0.3, 0.4) is 0 Å². The van der Waals surface area contributed by atoms with Gasteiger partial charge in [0, 0.05) is 55.3 Å². The molecule has 0 N–H and O–H groups in total. The molecule has 0 aliphatic heterocycles. The van der Waals surface area contributed by atoms with Gasteiger partial charge < -0.3 is 13.9 Å². The molecule has 0 amide bonds. The van der Waals surface area contributed by atoms with Crippen LogP contribution in [0.15, 0.2) is 235 Å². The lowest BCUT2D eigenvalue weighted by Gasteiger charge is -2.28. The standard InChI is InChI=1S/C63H44N2O/c1-63(2)57-22-11-9-18-51(57)52-35-34-49(40-58(52)63)64(47-30-24-42(25-31-47)41-14-5-3-6-15-41)48-32-26-43(27-33-48)44-28-36-59-55(38-44)56-39-45(29-37-60(56)65(59)46-16-7-4-8-17-46)50-20-13-21-54-53-19-10-12-23-61(53)66-62(50)54/h3-40H,1-2H3. The zero-order chi connectivity index (χ0) is 43.9. The SMILES string of the molecule is CC1(C)c2ccccc2-c2ccc(N(c3ccc(-c4ccccc4)cc3)c3ccc(-c4ccc5c(c4)c4cc(-c6cccc7c6oc6ccccc67)ccc4n5-c4ccccc4)cc3)cc21. The Morgan fingerprint density at radius 3 is 1.64 bits per heavy atom. The van der Waals surface area contributed by atoms with Gasteiger partial charge in [0.25, 0.3) is 0 Å². The molecule has 0 saturated heterocycles. The van der Waals surface area contributed by atoms with Gasteiger partial charge in [-0.3, -0.25) is 0 Å². The third-order valence-corrected chi connectivity index (χ3v) is 14.0. The van der Waals surface area contributed by atoms with Gasteiger partial charge in [-0.25, -0.2) is 0 Å². The van der Waals surface area contributed by atoms with Crippen molar-refractivity contribution in [3.05, 3.63) is 242 Å². The molecular formula is C63H44N2O. The molecule has 0 unspecified atom stereocenters. The normalized spacial score (nSPS) is 12.8. The van der Waals surface area contributed by atoms with Gasteiger partial charge in [0.1, 0.15) is 11.2 Å². The van der Waals surface area contributed by atoms with Crippen LogP contribution in [-0.4, -0.2) is 4.57 Å². The van der Waals surface area contributed by atoms with Crippen molar-refractivity contribution < 1.29 is 4.42 Å². The number of hydrogen-bond acceptors (Lipinski definition) is 2. The summed E-state index contributed by atoms with van der Waals surface area (Å²) in [6, 6.07) is 83.9. The fourth-order valence-electron chi connectivity index (χ4n) is 10.7. The number of furan rings is 1. The summed E-state index contributed by atoms with van der Waals surface area (Å²) in [5.74, 6) is 0. The van der Waals surface area contributed by atoms with Gasteiger partial charge in [0.15, 0.2) is 0 Å². The highest BCUT2D eigenvalue weighted by Crippen LogP contribution is 2.51. The summed E-state index contributed by atoms with van der Waals surface area (Å²) in [7, 11) is 0. The molecule has 0 spiro atoms. The number of rotatable bonds is 7. The van der Waals surface area contributed by atoms with Crippen LogP contribution in [0.25, 0.3) is 93.9 Å². The Morgan fingerprint density at radius 2 is 0.894 bits per heavy atom. The smallest absolute Gasteiger partial charge is 0.143 e. The molecule has 3 nitrogen and oxygen atoms in total. The monoisotopic (exact) mass is 844 g/mol. The first-order valence-electron chi connectivity index (χ1n) is 22.8. The van der Waals surface area contributed by atoms with Crippen LogP contribution in [0.1, 0.15) is 25.0 Å². The van der Waals surface area contributed by atoms with Gasteiger partial charge in [-0.15, -0.1) is 0 Å². The first kappa shape index (κ1) is 38.1. The van der Waals surface area contributed by atoms with E-state index in [1.54, 1.807) is 0 Å². The molecule has 0 fully saturated rings. The van der Waals surface area contributed by atoms with Crippen LogP contribution < -0.4 is 4.90 Å². The van der Waals surface area contributed by atoms with E-state index in [-0.39, 0.29) is 5.41 Å². The molecule has 0 bridgehead atoms. The van der Waals surface area contributed by atoms with Gasteiger partial charge >= 0.3 is 0 Å². The first-order chi connectivity index (χ1) is 32.5.